The molecule has 0 bridgehead atoms. The summed E-state index contributed by atoms with van der Waals surface area (Å²) in [5.41, 5.74) is 3.24. The first-order chi connectivity index (χ1) is 7.36. The molecule has 3 rings (SSSR count). The predicted molar refractivity (Wildman–Crippen MR) is 63.2 cm³/mol. The zero-order chi connectivity index (χ0) is 10.3. The highest BCUT2D eigenvalue weighted by Crippen LogP contribution is 2.39. The molecule has 0 unspecified atom stereocenters. The Morgan fingerprint density at radius 1 is 1.20 bits per heavy atom. The number of hydrogen-bond acceptors (Lipinski definition) is 1. The average Bonchev–Trinajstić information content (AvgIpc) is 2.29. The van der Waals surface area contributed by atoms with Crippen molar-refractivity contribution in [3.8, 4) is 0 Å². The average molecular weight is 201 g/mol. The van der Waals surface area contributed by atoms with Gasteiger partial charge in [0.15, 0.2) is 0 Å². The minimum atomic E-state index is 0.814. The number of likely N-dealkylation sites (tertiary alicyclic amines) is 1. The Kier molecular flexibility index (Phi) is 2.28. The van der Waals surface area contributed by atoms with Gasteiger partial charge in [-0.1, -0.05) is 24.3 Å². The molecule has 2 aliphatic rings. The molecule has 0 N–H and O–H groups in total. The zero-order valence-electron chi connectivity index (χ0n) is 9.45. The van der Waals surface area contributed by atoms with Gasteiger partial charge in [-0.2, -0.15) is 0 Å². The van der Waals surface area contributed by atoms with E-state index in [0.717, 1.165) is 12.0 Å². The van der Waals surface area contributed by atoms with Gasteiger partial charge in [0.1, 0.15) is 0 Å². The van der Waals surface area contributed by atoms with Crippen LogP contribution in [0.2, 0.25) is 0 Å². The van der Waals surface area contributed by atoms with Crippen molar-refractivity contribution in [2.75, 3.05) is 13.6 Å². The second kappa shape index (κ2) is 3.64. The Morgan fingerprint density at radius 2 is 2.07 bits per heavy atom. The molecule has 0 spiro atoms. The molecule has 1 aliphatic carbocycles. The van der Waals surface area contributed by atoms with Crippen LogP contribution in [0.5, 0.6) is 0 Å². The number of hydrogen-bond donors (Lipinski definition) is 0. The molecule has 1 heteroatoms. The highest BCUT2D eigenvalue weighted by atomic mass is 15.1. The summed E-state index contributed by atoms with van der Waals surface area (Å²) in [6, 6.07) is 9.88. The van der Waals surface area contributed by atoms with Gasteiger partial charge in [-0.3, -0.25) is 0 Å². The number of nitrogens with zero attached hydrogens (tertiary/aromatic N) is 1. The second-order valence-corrected chi connectivity index (χ2v) is 5.03. The van der Waals surface area contributed by atoms with Crippen molar-refractivity contribution in [3.63, 3.8) is 0 Å². The van der Waals surface area contributed by atoms with Crippen LogP contribution in [0.4, 0.5) is 0 Å². The van der Waals surface area contributed by atoms with Gasteiger partial charge in [-0.05, 0) is 56.3 Å². The molecular formula is C14H19N. The van der Waals surface area contributed by atoms with E-state index in [9.17, 15) is 0 Å². The van der Waals surface area contributed by atoms with Crippen LogP contribution in [0, 0.1) is 0 Å². The van der Waals surface area contributed by atoms with Crippen LogP contribution in [-0.2, 0) is 6.42 Å². The summed E-state index contributed by atoms with van der Waals surface area (Å²) in [6.45, 7) is 1.29. The molecule has 0 saturated carbocycles. The summed E-state index contributed by atoms with van der Waals surface area (Å²) in [7, 11) is 2.30. The van der Waals surface area contributed by atoms with Crippen molar-refractivity contribution in [2.45, 2.75) is 37.6 Å². The second-order valence-electron chi connectivity index (χ2n) is 5.03. The Hall–Kier alpha value is -0.820. The van der Waals surface area contributed by atoms with E-state index in [1.54, 1.807) is 11.1 Å². The van der Waals surface area contributed by atoms with Crippen molar-refractivity contribution in [3.05, 3.63) is 35.4 Å². The van der Waals surface area contributed by atoms with Gasteiger partial charge in [0, 0.05) is 6.04 Å². The first kappa shape index (κ1) is 9.41. The summed E-state index contributed by atoms with van der Waals surface area (Å²) < 4.78 is 0. The lowest BCUT2D eigenvalue weighted by Crippen LogP contribution is -2.43. The summed E-state index contributed by atoms with van der Waals surface area (Å²) in [6.07, 6.45) is 5.40. The molecule has 0 aromatic heterocycles. The SMILES string of the molecule is CN1CCC[C@H]2c3ccccc3CC[C@H]21. The van der Waals surface area contributed by atoms with Crippen LogP contribution in [0.25, 0.3) is 0 Å². The summed E-state index contributed by atoms with van der Waals surface area (Å²) in [4.78, 5) is 2.57. The summed E-state index contributed by atoms with van der Waals surface area (Å²) in [5.74, 6) is 0.814. The third kappa shape index (κ3) is 1.50. The standard InChI is InChI=1S/C14H19N/c1-15-10-4-7-13-12-6-3-2-5-11(12)8-9-14(13)15/h2-3,5-6,13-14H,4,7-10H2,1H3/t13-,14+/m0/s1. The highest BCUT2D eigenvalue weighted by Gasteiger charge is 2.33. The maximum absolute atomic E-state index is 2.57. The third-order valence-electron chi connectivity index (χ3n) is 4.22. The maximum atomic E-state index is 2.57. The van der Waals surface area contributed by atoms with Crippen LogP contribution >= 0.6 is 0 Å². The van der Waals surface area contributed by atoms with E-state index in [-0.39, 0.29) is 0 Å². The fraction of sp³-hybridized carbons (Fsp3) is 0.571. The lowest BCUT2D eigenvalue weighted by atomic mass is 9.74. The van der Waals surface area contributed by atoms with E-state index in [1.165, 1.54) is 32.2 Å². The van der Waals surface area contributed by atoms with Crippen LogP contribution in [-0.4, -0.2) is 24.5 Å². The Morgan fingerprint density at radius 3 is 3.00 bits per heavy atom. The minimum Gasteiger partial charge on any atom is -0.303 e. The molecule has 80 valence electrons. The summed E-state index contributed by atoms with van der Waals surface area (Å²) in [5, 5.41) is 0. The maximum Gasteiger partial charge on any atom is 0.0164 e. The van der Waals surface area contributed by atoms with E-state index in [4.69, 9.17) is 0 Å². The molecule has 1 heterocycles. The van der Waals surface area contributed by atoms with Gasteiger partial charge in [0.05, 0.1) is 0 Å². The topological polar surface area (TPSA) is 3.24 Å². The fourth-order valence-corrected chi connectivity index (χ4v) is 3.44. The number of fused-ring (bicyclic) bond motifs is 3. The van der Waals surface area contributed by atoms with Crippen molar-refractivity contribution in [1.29, 1.82) is 0 Å². The molecule has 1 saturated heterocycles. The van der Waals surface area contributed by atoms with Gasteiger partial charge in [-0.15, -0.1) is 0 Å². The molecular weight excluding hydrogens is 182 g/mol. The van der Waals surface area contributed by atoms with Gasteiger partial charge in [0.25, 0.3) is 0 Å². The van der Waals surface area contributed by atoms with Crippen molar-refractivity contribution in [2.24, 2.45) is 0 Å². The largest absolute Gasteiger partial charge is 0.303 e. The number of piperidine rings is 1. The first-order valence-corrected chi connectivity index (χ1v) is 6.14. The molecule has 1 aromatic rings. The van der Waals surface area contributed by atoms with Gasteiger partial charge < -0.3 is 4.90 Å². The Balaban J connectivity index is 1.99. The molecule has 15 heavy (non-hydrogen) atoms. The normalized spacial score (nSPS) is 30.7. The van der Waals surface area contributed by atoms with Gasteiger partial charge >= 0.3 is 0 Å². The van der Waals surface area contributed by atoms with Crippen molar-refractivity contribution in [1.82, 2.24) is 4.90 Å². The predicted octanol–water partition coefficient (Wildman–Crippen LogP) is 2.81. The number of rotatable bonds is 0. The van der Waals surface area contributed by atoms with E-state index in [2.05, 4.69) is 36.2 Å². The van der Waals surface area contributed by atoms with Crippen molar-refractivity contribution >= 4 is 0 Å². The molecule has 1 fully saturated rings. The summed E-state index contributed by atoms with van der Waals surface area (Å²) >= 11 is 0. The molecule has 1 aromatic carbocycles. The molecule has 1 nitrogen and oxygen atoms in total. The van der Waals surface area contributed by atoms with Crippen LogP contribution in [0.15, 0.2) is 24.3 Å². The van der Waals surface area contributed by atoms with E-state index < -0.39 is 0 Å². The molecule has 2 atom stereocenters. The lowest BCUT2D eigenvalue weighted by Gasteiger charge is -2.43. The zero-order valence-corrected chi connectivity index (χ0v) is 9.45. The van der Waals surface area contributed by atoms with E-state index >= 15 is 0 Å². The number of benzene rings is 1. The first-order valence-electron chi connectivity index (χ1n) is 6.14. The van der Waals surface area contributed by atoms with Gasteiger partial charge in [-0.25, -0.2) is 0 Å². The quantitative estimate of drug-likeness (QED) is 0.624. The smallest absolute Gasteiger partial charge is 0.0164 e. The van der Waals surface area contributed by atoms with Crippen molar-refractivity contribution < 1.29 is 0 Å². The molecule has 0 radical (unpaired) electrons. The molecule has 0 amide bonds. The third-order valence-corrected chi connectivity index (χ3v) is 4.22. The molecule has 1 aliphatic heterocycles. The highest BCUT2D eigenvalue weighted by molar-refractivity contribution is 5.34. The van der Waals surface area contributed by atoms with Crippen LogP contribution < -0.4 is 0 Å². The fourth-order valence-electron chi connectivity index (χ4n) is 3.44. The van der Waals surface area contributed by atoms with Gasteiger partial charge in [0.2, 0.25) is 0 Å². The van der Waals surface area contributed by atoms with Crippen LogP contribution in [0.3, 0.4) is 0 Å². The lowest BCUT2D eigenvalue weighted by molar-refractivity contribution is 0.143. The Bertz CT molecular complexity index is 358. The van der Waals surface area contributed by atoms with Crippen LogP contribution in [0.1, 0.15) is 36.3 Å². The number of likely N-dealkylation sites (N-methyl/N-ethyl adjacent to an activating group) is 1. The van der Waals surface area contributed by atoms with E-state index in [1.807, 2.05) is 0 Å². The monoisotopic (exact) mass is 201 g/mol. The number of aryl methyl sites for hydroxylation is 1. The van der Waals surface area contributed by atoms with E-state index in [0.29, 0.717) is 0 Å². The Labute approximate surface area is 92.1 Å². The minimum absolute atomic E-state index is 0.814.